The number of hydrogen-bond donors (Lipinski definition) is 1. The van der Waals surface area contributed by atoms with Crippen molar-refractivity contribution in [2.24, 2.45) is 12.8 Å². The highest BCUT2D eigenvalue weighted by molar-refractivity contribution is 5.92. The summed E-state index contributed by atoms with van der Waals surface area (Å²) >= 11 is 0. The first-order valence-corrected chi connectivity index (χ1v) is 8.17. The molecule has 132 valence electrons. The van der Waals surface area contributed by atoms with Gasteiger partial charge in [0.2, 0.25) is 0 Å². The Morgan fingerprint density at radius 3 is 2.61 bits per heavy atom. The molecule has 0 bridgehead atoms. The molecule has 23 heavy (non-hydrogen) atoms. The molecule has 1 saturated heterocycles. The molecule has 1 aromatic rings. The van der Waals surface area contributed by atoms with Gasteiger partial charge >= 0.3 is 0 Å². The summed E-state index contributed by atoms with van der Waals surface area (Å²) in [7, 11) is 1.89. The van der Waals surface area contributed by atoms with E-state index in [1.807, 2.05) is 18.0 Å². The van der Waals surface area contributed by atoms with Crippen molar-refractivity contribution in [1.29, 1.82) is 0 Å². The van der Waals surface area contributed by atoms with Crippen LogP contribution in [0.2, 0.25) is 0 Å². The van der Waals surface area contributed by atoms with Gasteiger partial charge in [-0.05, 0) is 37.8 Å². The van der Waals surface area contributed by atoms with Crippen LogP contribution in [0.5, 0.6) is 0 Å². The minimum atomic E-state index is 0. The van der Waals surface area contributed by atoms with E-state index in [4.69, 9.17) is 10.5 Å². The van der Waals surface area contributed by atoms with Crippen LogP contribution in [0.1, 0.15) is 55.2 Å². The molecule has 0 aromatic carbocycles. The summed E-state index contributed by atoms with van der Waals surface area (Å²) in [6.45, 7) is 7.06. The number of aryl methyl sites for hydroxylation is 1. The fraction of sp³-hybridized carbons (Fsp3) is 0.750. The number of carbonyl (C=O) groups is 1. The van der Waals surface area contributed by atoms with Gasteiger partial charge in [-0.1, -0.05) is 13.8 Å². The molecule has 0 aliphatic carbocycles. The maximum absolute atomic E-state index is 12.5. The molecule has 1 amide bonds. The van der Waals surface area contributed by atoms with Crippen LogP contribution in [0.4, 0.5) is 0 Å². The molecule has 6 nitrogen and oxygen atoms in total. The number of hydrogen-bond acceptors (Lipinski definition) is 4. The van der Waals surface area contributed by atoms with Gasteiger partial charge in [0, 0.05) is 32.4 Å². The predicted octanol–water partition coefficient (Wildman–Crippen LogP) is 1.94. The smallest absolute Gasteiger partial charge is 0.274 e. The monoisotopic (exact) mass is 344 g/mol. The summed E-state index contributed by atoms with van der Waals surface area (Å²) in [5.74, 6) is 0.392. The van der Waals surface area contributed by atoms with Crippen LogP contribution >= 0.6 is 12.4 Å². The van der Waals surface area contributed by atoms with E-state index in [9.17, 15) is 4.79 Å². The second kappa shape index (κ2) is 9.25. The Morgan fingerprint density at radius 1 is 1.43 bits per heavy atom. The van der Waals surface area contributed by atoms with Gasteiger partial charge in [0.15, 0.2) is 5.69 Å². The lowest BCUT2D eigenvalue weighted by Crippen LogP contribution is -2.41. The van der Waals surface area contributed by atoms with Crippen molar-refractivity contribution in [3.63, 3.8) is 0 Å². The van der Waals surface area contributed by atoms with Crippen molar-refractivity contribution >= 4 is 18.3 Å². The molecule has 1 aliphatic heterocycles. The van der Waals surface area contributed by atoms with E-state index in [0.717, 1.165) is 38.0 Å². The summed E-state index contributed by atoms with van der Waals surface area (Å²) in [5, 5.41) is 4.37. The van der Waals surface area contributed by atoms with Crippen LogP contribution in [0.25, 0.3) is 0 Å². The fourth-order valence-corrected chi connectivity index (χ4v) is 2.85. The Morgan fingerprint density at radius 2 is 2.09 bits per heavy atom. The van der Waals surface area contributed by atoms with E-state index in [2.05, 4.69) is 18.9 Å². The average Bonchev–Trinajstić information content (AvgIpc) is 2.90. The Labute approximate surface area is 144 Å². The van der Waals surface area contributed by atoms with Crippen molar-refractivity contribution in [2.75, 3.05) is 26.2 Å². The summed E-state index contributed by atoms with van der Waals surface area (Å²) in [4.78, 5) is 14.4. The molecule has 0 unspecified atom stereocenters. The van der Waals surface area contributed by atoms with E-state index in [1.165, 1.54) is 0 Å². The minimum Gasteiger partial charge on any atom is -0.378 e. The fourth-order valence-electron chi connectivity index (χ4n) is 2.85. The summed E-state index contributed by atoms with van der Waals surface area (Å²) in [6.07, 6.45) is 2.93. The van der Waals surface area contributed by atoms with Crippen LogP contribution in [-0.4, -0.2) is 52.9 Å². The number of rotatable bonds is 6. The van der Waals surface area contributed by atoms with Crippen molar-refractivity contribution in [3.8, 4) is 0 Å². The van der Waals surface area contributed by atoms with Crippen LogP contribution < -0.4 is 5.73 Å². The zero-order chi connectivity index (χ0) is 16.1. The maximum atomic E-state index is 12.5. The number of nitrogens with two attached hydrogens (primary N) is 1. The molecule has 1 fully saturated rings. The number of nitrogens with zero attached hydrogens (tertiary/aromatic N) is 3. The number of halogens is 1. The van der Waals surface area contributed by atoms with Crippen LogP contribution in [0.3, 0.4) is 0 Å². The molecule has 2 N–H and O–H groups in total. The molecular formula is C16H29ClN4O2. The summed E-state index contributed by atoms with van der Waals surface area (Å²) < 4.78 is 7.58. The first kappa shape index (κ1) is 19.9. The Kier molecular flexibility index (Phi) is 8.02. The van der Waals surface area contributed by atoms with Crippen LogP contribution in [-0.2, 0) is 11.8 Å². The summed E-state index contributed by atoms with van der Waals surface area (Å²) in [5.41, 5.74) is 7.10. The van der Waals surface area contributed by atoms with E-state index < -0.39 is 0 Å². The molecule has 0 spiro atoms. The molecule has 2 rings (SSSR count). The van der Waals surface area contributed by atoms with Crippen molar-refractivity contribution < 1.29 is 9.53 Å². The Balaban J connectivity index is 0.00000264. The minimum absolute atomic E-state index is 0. The average molecular weight is 345 g/mol. The first-order chi connectivity index (χ1) is 10.5. The van der Waals surface area contributed by atoms with Crippen LogP contribution in [0, 0.1) is 0 Å². The molecule has 0 saturated carbocycles. The van der Waals surface area contributed by atoms with E-state index in [-0.39, 0.29) is 24.4 Å². The molecule has 2 heterocycles. The molecule has 7 heteroatoms. The van der Waals surface area contributed by atoms with Gasteiger partial charge < -0.3 is 15.4 Å². The van der Waals surface area contributed by atoms with E-state index in [1.54, 1.807) is 4.68 Å². The number of amides is 1. The van der Waals surface area contributed by atoms with Gasteiger partial charge in [0.1, 0.15) is 0 Å². The normalized spacial score (nSPS) is 15.8. The van der Waals surface area contributed by atoms with Gasteiger partial charge in [-0.2, -0.15) is 5.10 Å². The van der Waals surface area contributed by atoms with Gasteiger partial charge in [0.25, 0.3) is 5.91 Å². The molecule has 1 aromatic heterocycles. The van der Waals surface area contributed by atoms with E-state index >= 15 is 0 Å². The lowest BCUT2D eigenvalue weighted by atomic mass is 10.1. The highest BCUT2D eigenvalue weighted by Gasteiger charge is 2.26. The van der Waals surface area contributed by atoms with Gasteiger partial charge in [-0.15, -0.1) is 12.4 Å². The number of carbonyl (C=O) groups excluding carboxylic acids is 1. The van der Waals surface area contributed by atoms with Gasteiger partial charge in [0.05, 0.1) is 6.10 Å². The third kappa shape index (κ3) is 5.19. The highest BCUT2D eigenvalue weighted by atomic mass is 35.5. The molecule has 1 aliphatic rings. The second-order valence-corrected chi connectivity index (χ2v) is 6.24. The third-order valence-corrected chi connectivity index (χ3v) is 4.16. The quantitative estimate of drug-likeness (QED) is 0.800. The van der Waals surface area contributed by atoms with Crippen molar-refractivity contribution in [2.45, 2.75) is 45.1 Å². The number of likely N-dealkylation sites (tertiary alicyclic amines) is 1. The number of ether oxygens (including phenoxy) is 1. The molecule has 0 atom stereocenters. The topological polar surface area (TPSA) is 73.4 Å². The van der Waals surface area contributed by atoms with Crippen molar-refractivity contribution in [1.82, 2.24) is 14.7 Å². The highest BCUT2D eigenvalue weighted by Crippen LogP contribution is 2.19. The predicted molar refractivity (Wildman–Crippen MR) is 93.1 cm³/mol. The largest absolute Gasteiger partial charge is 0.378 e. The van der Waals surface area contributed by atoms with Gasteiger partial charge in [-0.3, -0.25) is 9.48 Å². The molecular weight excluding hydrogens is 316 g/mol. The summed E-state index contributed by atoms with van der Waals surface area (Å²) in [6, 6.07) is 1.91. The third-order valence-electron chi connectivity index (χ3n) is 4.16. The second-order valence-electron chi connectivity index (χ2n) is 6.24. The standard InChI is InChI=1S/C16H28N4O2.ClH/c1-12(2)15-11-14(18-19(15)3)16(21)20-8-5-13(6-9-20)22-10-4-7-17;/h11-13H,4-10,17H2,1-3H3;1H. The lowest BCUT2D eigenvalue weighted by molar-refractivity contribution is 0.00827. The number of piperidine rings is 1. The van der Waals surface area contributed by atoms with Crippen molar-refractivity contribution in [3.05, 3.63) is 17.5 Å². The SMILES string of the molecule is CC(C)c1cc(C(=O)N2CCC(OCCCN)CC2)nn1C.Cl. The van der Waals surface area contributed by atoms with Crippen LogP contribution in [0.15, 0.2) is 6.07 Å². The number of aromatic nitrogens is 2. The first-order valence-electron chi connectivity index (χ1n) is 8.17. The maximum Gasteiger partial charge on any atom is 0.274 e. The lowest BCUT2D eigenvalue weighted by Gasteiger charge is -2.31. The Bertz CT molecular complexity index is 496. The Hall–Kier alpha value is -1.11. The van der Waals surface area contributed by atoms with Gasteiger partial charge in [-0.25, -0.2) is 0 Å². The molecule has 0 radical (unpaired) electrons. The van der Waals surface area contributed by atoms with E-state index in [0.29, 0.717) is 24.8 Å². The zero-order valence-electron chi connectivity index (χ0n) is 14.3. The zero-order valence-corrected chi connectivity index (χ0v) is 15.1.